The fourth-order valence-corrected chi connectivity index (χ4v) is 3.16. The molecule has 0 spiro atoms. The summed E-state index contributed by atoms with van der Waals surface area (Å²) in [7, 11) is 0. The molecule has 3 aromatic rings. The number of aromatic nitrogens is 2. The molecule has 10 heteroatoms. The predicted octanol–water partition coefficient (Wildman–Crippen LogP) is 2.23. The summed E-state index contributed by atoms with van der Waals surface area (Å²) in [6.45, 7) is 1.65. The van der Waals surface area contributed by atoms with Gasteiger partial charge in [-0.2, -0.15) is 13.2 Å². The Morgan fingerprint density at radius 1 is 1.13 bits per heavy atom. The van der Waals surface area contributed by atoms with Crippen LogP contribution in [0.4, 0.5) is 29.2 Å². The van der Waals surface area contributed by atoms with E-state index < -0.39 is 23.7 Å². The molecule has 3 N–H and O–H groups in total. The summed E-state index contributed by atoms with van der Waals surface area (Å²) in [6.07, 6.45) is -5.24. The van der Waals surface area contributed by atoms with Gasteiger partial charge < -0.3 is 0 Å². The molecule has 0 unspecified atom stereocenters. The lowest BCUT2D eigenvalue weighted by Crippen LogP contribution is -2.82. The number of nitrogens with one attached hydrogen (secondary N) is 3. The first-order valence-electron chi connectivity index (χ1n) is 8.91. The van der Waals surface area contributed by atoms with E-state index in [0.29, 0.717) is 11.3 Å². The van der Waals surface area contributed by atoms with Gasteiger partial charge in [-0.1, -0.05) is 18.2 Å². The van der Waals surface area contributed by atoms with Crippen LogP contribution in [0.1, 0.15) is 23.0 Å². The van der Waals surface area contributed by atoms with Crippen LogP contribution in [0.2, 0.25) is 0 Å². The van der Waals surface area contributed by atoms with Crippen molar-refractivity contribution in [2.75, 3.05) is 10.6 Å². The van der Waals surface area contributed by atoms with Gasteiger partial charge in [0.2, 0.25) is 0 Å². The van der Waals surface area contributed by atoms with Crippen LogP contribution in [0.15, 0.2) is 59.4 Å². The molecule has 0 radical (unpaired) electrons. The molecule has 154 valence electrons. The van der Waals surface area contributed by atoms with Gasteiger partial charge in [-0.25, -0.2) is 24.6 Å². The first-order valence-corrected chi connectivity index (χ1v) is 8.91. The minimum Gasteiger partial charge on any atom is -0.269 e. The van der Waals surface area contributed by atoms with E-state index in [0.717, 1.165) is 12.1 Å². The van der Waals surface area contributed by atoms with E-state index in [4.69, 9.17) is 0 Å². The van der Waals surface area contributed by atoms with Crippen molar-refractivity contribution in [2.24, 2.45) is 0 Å². The second kappa shape index (κ2) is 7.29. The van der Waals surface area contributed by atoms with Gasteiger partial charge in [-0.05, 0) is 37.3 Å². The number of alkyl halides is 3. The molecule has 1 aliphatic heterocycles. The topological polar surface area (TPSA) is 72.9 Å². The summed E-state index contributed by atoms with van der Waals surface area (Å²) in [5.74, 6) is -0.0164. The Morgan fingerprint density at radius 3 is 2.57 bits per heavy atom. The lowest BCUT2D eigenvalue weighted by Gasteiger charge is -2.23. The van der Waals surface area contributed by atoms with Crippen LogP contribution < -0.4 is 21.2 Å². The minimum atomic E-state index is -4.48. The lowest BCUT2D eigenvalue weighted by atomic mass is 10.1. The maximum absolute atomic E-state index is 13.4. The average Bonchev–Trinajstić information content (AvgIpc) is 2.67. The molecule has 4 rings (SSSR count). The van der Waals surface area contributed by atoms with Crippen molar-refractivity contribution in [3.05, 3.63) is 87.6 Å². The van der Waals surface area contributed by atoms with Gasteiger partial charge in [-0.3, -0.25) is 9.79 Å². The molecule has 2 aromatic carbocycles. The molecule has 0 fully saturated rings. The quantitative estimate of drug-likeness (QED) is 0.559. The van der Waals surface area contributed by atoms with E-state index in [1.165, 1.54) is 47.0 Å². The van der Waals surface area contributed by atoms with Gasteiger partial charge in [0.25, 0.3) is 11.5 Å². The highest BCUT2D eigenvalue weighted by Crippen LogP contribution is 2.30. The van der Waals surface area contributed by atoms with Crippen molar-refractivity contribution in [3.63, 3.8) is 0 Å². The fourth-order valence-electron chi connectivity index (χ4n) is 3.16. The number of aryl methyl sites for hydroxylation is 1. The Kier molecular flexibility index (Phi) is 4.76. The molecule has 1 atom stereocenters. The average molecular weight is 418 g/mol. The second-order valence-electron chi connectivity index (χ2n) is 6.73. The van der Waals surface area contributed by atoms with Crippen LogP contribution in [0.3, 0.4) is 0 Å². The molecule has 0 bridgehead atoms. The van der Waals surface area contributed by atoms with Crippen molar-refractivity contribution in [1.82, 2.24) is 9.55 Å². The fraction of sp³-hybridized carbons (Fsp3) is 0.150. The van der Waals surface area contributed by atoms with Gasteiger partial charge >= 0.3 is 12.1 Å². The summed E-state index contributed by atoms with van der Waals surface area (Å²) in [5.41, 5.74) is 0.0721. The van der Waals surface area contributed by atoms with Crippen LogP contribution >= 0.6 is 0 Å². The van der Waals surface area contributed by atoms with E-state index >= 15 is 0 Å². The van der Waals surface area contributed by atoms with Crippen molar-refractivity contribution in [2.45, 2.75) is 19.3 Å². The maximum atomic E-state index is 13.4. The lowest BCUT2D eigenvalue weighted by molar-refractivity contribution is -0.520. The highest BCUT2D eigenvalue weighted by molar-refractivity contribution is 5.99. The zero-order chi connectivity index (χ0) is 21.5. The number of benzene rings is 2. The standard InChI is InChI=1S/C20H15F4N5O/c1-11-9-16(30)29-17(12-5-7-14(21)8-6-12)27-18(28-19(29)25-11)26-15-4-2-3-13(10-15)20(22,23)24/h2-10,17H,1H3,(H2,25,26,27,28)/p+1/t17-/m1/s1. The number of hydrogen-bond donors (Lipinski definition) is 3. The number of fused-ring (bicyclic) bond motifs is 1. The Balaban J connectivity index is 1.76. The summed E-state index contributed by atoms with van der Waals surface area (Å²) in [5, 5.41) is 5.74. The molecular weight excluding hydrogens is 402 g/mol. The highest BCUT2D eigenvalue weighted by atomic mass is 19.4. The van der Waals surface area contributed by atoms with Crippen LogP contribution in [0, 0.1) is 12.7 Å². The third-order valence-corrected chi connectivity index (χ3v) is 4.50. The number of hydrogen-bond acceptors (Lipinski definition) is 4. The second-order valence-corrected chi connectivity index (χ2v) is 6.73. The maximum Gasteiger partial charge on any atom is 0.416 e. The van der Waals surface area contributed by atoms with Crippen LogP contribution in [0.25, 0.3) is 0 Å². The number of rotatable bonds is 2. The van der Waals surface area contributed by atoms with Gasteiger partial charge in [0.05, 0.1) is 11.3 Å². The predicted molar refractivity (Wildman–Crippen MR) is 102 cm³/mol. The third kappa shape index (κ3) is 3.88. The van der Waals surface area contributed by atoms with E-state index in [2.05, 4.69) is 20.6 Å². The molecule has 2 heterocycles. The van der Waals surface area contributed by atoms with E-state index in [9.17, 15) is 22.4 Å². The van der Waals surface area contributed by atoms with Gasteiger partial charge in [0, 0.05) is 17.3 Å². The minimum absolute atomic E-state index is 0.182. The summed E-state index contributed by atoms with van der Waals surface area (Å²) in [6, 6.07) is 11.6. The molecule has 0 saturated heterocycles. The summed E-state index contributed by atoms with van der Waals surface area (Å²) in [4.78, 5) is 19.9. The van der Waals surface area contributed by atoms with E-state index in [1.807, 2.05) is 0 Å². The highest BCUT2D eigenvalue weighted by Gasteiger charge is 2.32. The first kappa shape index (κ1) is 19.6. The van der Waals surface area contributed by atoms with Gasteiger partial charge in [-0.15, -0.1) is 0 Å². The molecule has 0 aliphatic carbocycles. The normalized spacial score (nSPS) is 15.8. The number of guanidine groups is 1. The molecule has 1 aromatic heterocycles. The molecule has 30 heavy (non-hydrogen) atoms. The van der Waals surface area contributed by atoms with Crippen LogP contribution in [0.5, 0.6) is 0 Å². The monoisotopic (exact) mass is 418 g/mol. The zero-order valence-corrected chi connectivity index (χ0v) is 15.6. The Hall–Kier alpha value is -3.69. The molecular formula is C20H16F4N5O+. The van der Waals surface area contributed by atoms with Crippen molar-refractivity contribution in [3.8, 4) is 0 Å². The summed E-state index contributed by atoms with van der Waals surface area (Å²) >= 11 is 0. The van der Waals surface area contributed by atoms with Crippen molar-refractivity contribution >= 4 is 17.6 Å². The number of anilines is 2. The zero-order valence-electron chi connectivity index (χ0n) is 15.6. The van der Waals surface area contributed by atoms with Crippen LogP contribution in [-0.4, -0.2) is 15.5 Å². The summed E-state index contributed by atoms with van der Waals surface area (Å²) < 4.78 is 53.7. The number of nitrogens with zero attached hydrogens (tertiary/aromatic N) is 2. The van der Waals surface area contributed by atoms with E-state index in [-0.39, 0.29) is 23.2 Å². The number of halogens is 4. The third-order valence-electron chi connectivity index (χ3n) is 4.50. The molecule has 6 nitrogen and oxygen atoms in total. The molecule has 0 saturated carbocycles. The van der Waals surface area contributed by atoms with Crippen molar-refractivity contribution in [1.29, 1.82) is 0 Å². The molecule has 1 aliphatic rings. The van der Waals surface area contributed by atoms with Crippen LogP contribution in [-0.2, 0) is 6.18 Å². The Bertz CT molecular complexity index is 1190. The molecule has 0 amide bonds. The van der Waals surface area contributed by atoms with E-state index in [1.54, 1.807) is 6.92 Å². The van der Waals surface area contributed by atoms with Gasteiger partial charge in [0.1, 0.15) is 5.82 Å². The van der Waals surface area contributed by atoms with Gasteiger partial charge in [0.15, 0.2) is 6.17 Å². The SMILES string of the molecule is Cc1cc(=O)n2c(n1)NC(Nc1cccc(C(F)(F)F)c1)=[NH+][C@H]2c1ccc(F)cc1. The van der Waals surface area contributed by atoms with Crippen molar-refractivity contribution < 1.29 is 22.6 Å². The Morgan fingerprint density at radius 2 is 1.87 bits per heavy atom. The first-order chi connectivity index (χ1) is 14.2. The largest absolute Gasteiger partial charge is 0.416 e. The smallest absolute Gasteiger partial charge is 0.269 e. The Labute approximate surface area is 167 Å².